The normalized spacial score (nSPS) is 11.3. The van der Waals surface area contributed by atoms with Crippen molar-refractivity contribution in [2.24, 2.45) is 0 Å². The van der Waals surface area contributed by atoms with Crippen molar-refractivity contribution < 1.29 is 14.7 Å². The van der Waals surface area contributed by atoms with Crippen LogP contribution in [0.15, 0.2) is 48.5 Å². The topological polar surface area (TPSA) is 83.6 Å². The summed E-state index contributed by atoms with van der Waals surface area (Å²) in [5, 5.41) is 11.0. The molecule has 0 radical (unpaired) electrons. The van der Waals surface area contributed by atoms with Crippen LogP contribution >= 0.6 is 6.49 Å². The molecule has 0 aliphatic rings. The Morgan fingerprint density at radius 3 is 2.24 bits per heavy atom. The highest BCUT2D eigenvalue weighted by molar-refractivity contribution is 8.12. The van der Waals surface area contributed by atoms with E-state index in [1.165, 1.54) is 12.1 Å². The smallest absolute Gasteiger partial charge is 0.269 e. The molecule has 0 amide bonds. The summed E-state index contributed by atoms with van der Waals surface area (Å²) in [7, 11) is 0. The summed E-state index contributed by atoms with van der Waals surface area (Å²) in [6.45, 7) is -3.45. The second-order valence-corrected chi connectivity index (χ2v) is 7.69. The number of hydrogen-bond acceptors (Lipinski definition) is 3. The molecule has 0 spiro atoms. The number of aryl methyl sites for hydroxylation is 2. The van der Waals surface area contributed by atoms with E-state index in [0.29, 0.717) is 18.1 Å². The van der Waals surface area contributed by atoms with Crippen LogP contribution in [0.2, 0.25) is 0 Å². The van der Waals surface area contributed by atoms with Gasteiger partial charge in [-0.25, -0.2) is 0 Å². The van der Waals surface area contributed by atoms with Crippen molar-refractivity contribution in [3.05, 3.63) is 69.8 Å². The second kappa shape index (κ2) is 6.45. The van der Waals surface area contributed by atoms with Crippen LogP contribution in [0.4, 0.5) is 5.69 Å². The molecule has 21 heavy (non-hydrogen) atoms. The number of non-ortho nitro benzene ring substituents is 1. The van der Waals surface area contributed by atoms with Gasteiger partial charge >= 0.3 is 0 Å². The van der Waals surface area contributed by atoms with Gasteiger partial charge in [-0.15, -0.1) is 0 Å². The third-order valence-electron chi connectivity index (χ3n) is 3.14. The predicted molar refractivity (Wildman–Crippen MR) is 85.3 cm³/mol. The van der Waals surface area contributed by atoms with E-state index in [1.54, 1.807) is 24.3 Å². The molecule has 0 bridgehead atoms. The fraction of sp³-hybridized carbons (Fsp3) is 0.143. The molecule has 0 aromatic heterocycles. The van der Waals surface area contributed by atoms with Crippen LogP contribution in [0, 0.1) is 10.1 Å². The second-order valence-electron chi connectivity index (χ2n) is 4.60. The zero-order chi connectivity index (χ0) is 15.5. The van der Waals surface area contributed by atoms with Crippen molar-refractivity contribution >= 4 is 29.3 Å². The number of rotatable bonds is 5. The molecule has 0 heterocycles. The Bertz CT molecular complexity index is 696. The van der Waals surface area contributed by atoms with E-state index in [4.69, 9.17) is 11.8 Å². The highest BCUT2D eigenvalue weighted by Gasteiger charge is 2.15. The SMILES string of the molecule is O=[N+]([O-])c1ccc(CCc2ccccc2P(O)(O)=S)cc1. The fourth-order valence-electron chi connectivity index (χ4n) is 2.07. The van der Waals surface area contributed by atoms with Crippen molar-refractivity contribution in [3.63, 3.8) is 0 Å². The van der Waals surface area contributed by atoms with Gasteiger partial charge in [0.15, 0.2) is 0 Å². The van der Waals surface area contributed by atoms with Gasteiger partial charge in [0.2, 0.25) is 6.49 Å². The molecule has 0 fully saturated rings. The van der Waals surface area contributed by atoms with Gasteiger partial charge in [-0.1, -0.05) is 30.3 Å². The van der Waals surface area contributed by atoms with Gasteiger partial charge in [-0.05, 0) is 41.8 Å². The monoisotopic (exact) mass is 323 g/mol. The Hall–Kier alpha value is -1.59. The zero-order valence-electron chi connectivity index (χ0n) is 11.0. The first-order valence-electron chi connectivity index (χ1n) is 6.25. The molecule has 5 nitrogen and oxygen atoms in total. The van der Waals surface area contributed by atoms with E-state index in [9.17, 15) is 19.9 Å². The molecular weight excluding hydrogens is 309 g/mol. The van der Waals surface area contributed by atoms with Crippen LogP contribution in [0.1, 0.15) is 11.1 Å². The third kappa shape index (κ3) is 4.19. The molecule has 0 saturated heterocycles. The first-order chi connectivity index (χ1) is 9.88. The van der Waals surface area contributed by atoms with E-state index < -0.39 is 11.4 Å². The summed E-state index contributed by atoms with van der Waals surface area (Å²) >= 11 is 4.76. The quantitative estimate of drug-likeness (QED) is 0.501. The molecule has 2 aromatic rings. The average Bonchev–Trinajstić information content (AvgIpc) is 2.45. The lowest BCUT2D eigenvalue weighted by Crippen LogP contribution is -2.11. The van der Waals surface area contributed by atoms with E-state index in [0.717, 1.165) is 11.1 Å². The molecule has 2 rings (SSSR count). The van der Waals surface area contributed by atoms with Gasteiger partial charge in [-0.2, -0.15) is 0 Å². The molecule has 0 unspecified atom stereocenters. The molecular formula is C14H14NO4PS. The largest absolute Gasteiger partial charge is 0.342 e. The lowest BCUT2D eigenvalue weighted by Gasteiger charge is -2.13. The minimum absolute atomic E-state index is 0.0559. The summed E-state index contributed by atoms with van der Waals surface area (Å²) in [5.74, 6) is 0. The summed E-state index contributed by atoms with van der Waals surface area (Å²) in [6, 6.07) is 13.3. The number of nitrogens with zero attached hydrogens (tertiary/aromatic N) is 1. The minimum atomic E-state index is -3.45. The first-order valence-corrected chi connectivity index (χ1v) is 8.96. The van der Waals surface area contributed by atoms with E-state index in [-0.39, 0.29) is 5.69 Å². The van der Waals surface area contributed by atoms with Crippen LogP contribution < -0.4 is 5.30 Å². The van der Waals surface area contributed by atoms with E-state index in [2.05, 4.69) is 0 Å². The lowest BCUT2D eigenvalue weighted by atomic mass is 10.0. The van der Waals surface area contributed by atoms with E-state index in [1.807, 2.05) is 12.1 Å². The van der Waals surface area contributed by atoms with Crippen molar-refractivity contribution in [2.75, 3.05) is 0 Å². The van der Waals surface area contributed by atoms with Gasteiger partial charge in [0.05, 0.1) is 4.92 Å². The average molecular weight is 323 g/mol. The molecule has 110 valence electrons. The van der Waals surface area contributed by atoms with Crippen LogP contribution in [-0.2, 0) is 24.6 Å². The van der Waals surface area contributed by atoms with Crippen LogP contribution in [0.25, 0.3) is 0 Å². The Kier molecular flexibility index (Phi) is 4.85. The standard InChI is InChI=1S/C14H14NO4PS/c16-15(17)13-9-6-11(7-10-13)5-8-12-3-1-2-4-14(12)20(18,19)21/h1-4,6-7,9-10H,5,8H2,(H2,18,19,21). The first kappa shape index (κ1) is 15.8. The van der Waals surface area contributed by atoms with E-state index >= 15 is 0 Å². The van der Waals surface area contributed by atoms with Gasteiger partial charge in [0, 0.05) is 17.4 Å². The van der Waals surface area contributed by atoms with Gasteiger partial charge in [0.25, 0.3) is 5.69 Å². The molecule has 2 N–H and O–H groups in total. The maximum atomic E-state index is 10.6. The Morgan fingerprint density at radius 1 is 1.05 bits per heavy atom. The van der Waals surface area contributed by atoms with Crippen molar-refractivity contribution in [1.82, 2.24) is 0 Å². The summed E-state index contributed by atoms with van der Waals surface area (Å²) in [5.41, 5.74) is 1.80. The van der Waals surface area contributed by atoms with Gasteiger partial charge < -0.3 is 9.79 Å². The fourth-order valence-corrected chi connectivity index (χ4v) is 3.44. The third-order valence-corrected chi connectivity index (χ3v) is 4.79. The number of nitro benzene ring substituents is 1. The molecule has 0 saturated carbocycles. The maximum absolute atomic E-state index is 10.6. The maximum Gasteiger partial charge on any atom is 0.269 e. The summed E-state index contributed by atoms with van der Waals surface area (Å²) in [4.78, 5) is 29.5. The molecule has 7 heteroatoms. The highest BCUT2D eigenvalue weighted by atomic mass is 32.5. The zero-order valence-corrected chi connectivity index (χ0v) is 12.8. The Balaban J connectivity index is 2.13. The Morgan fingerprint density at radius 2 is 1.67 bits per heavy atom. The van der Waals surface area contributed by atoms with Crippen LogP contribution in [0.3, 0.4) is 0 Å². The summed E-state index contributed by atoms with van der Waals surface area (Å²) in [6.07, 6.45) is 1.23. The lowest BCUT2D eigenvalue weighted by molar-refractivity contribution is -0.384. The molecule has 0 aliphatic heterocycles. The number of nitro groups is 1. The van der Waals surface area contributed by atoms with Crippen LogP contribution in [-0.4, -0.2) is 14.7 Å². The van der Waals surface area contributed by atoms with Gasteiger partial charge in [-0.3, -0.25) is 10.1 Å². The van der Waals surface area contributed by atoms with Crippen molar-refractivity contribution in [3.8, 4) is 0 Å². The summed E-state index contributed by atoms with van der Waals surface area (Å²) < 4.78 is 0. The minimum Gasteiger partial charge on any atom is -0.342 e. The number of benzene rings is 2. The van der Waals surface area contributed by atoms with Crippen LogP contribution in [0.5, 0.6) is 0 Å². The Labute approximate surface area is 127 Å². The molecule has 0 aliphatic carbocycles. The molecule has 0 atom stereocenters. The number of hydrogen-bond donors (Lipinski definition) is 2. The van der Waals surface area contributed by atoms with Crippen molar-refractivity contribution in [1.29, 1.82) is 0 Å². The predicted octanol–water partition coefficient (Wildman–Crippen LogP) is 2.30. The highest BCUT2D eigenvalue weighted by Crippen LogP contribution is 2.35. The molecule has 2 aromatic carbocycles. The van der Waals surface area contributed by atoms with Crippen molar-refractivity contribution in [2.45, 2.75) is 12.8 Å². The van der Waals surface area contributed by atoms with Gasteiger partial charge in [0.1, 0.15) is 0 Å².